The first kappa shape index (κ1) is 13.9. The third-order valence-electron chi connectivity index (χ3n) is 4.29. The van der Waals surface area contributed by atoms with E-state index in [1.807, 2.05) is 0 Å². The summed E-state index contributed by atoms with van der Waals surface area (Å²) in [5.41, 5.74) is 3.79. The van der Waals surface area contributed by atoms with Gasteiger partial charge in [0.15, 0.2) is 0 Å². The summed E-state index contributed by atoms with van der Waals surface area (Å²) >= 11 is 0. The van der Waals surface area contributed by atoms with Crippen molar-refractivity contribution in [3.05, 3.63) is 60.4 Å². The third-order valence-corrected chi connectivity index (χ3v) is 4.29. The summed E-state index contributed by atoms with van der Waals surface area (Å²) in [4.78, 5) is 6.16. The fourth-order valence-electron chi connectivity index (χ4n) is 3.12. The number of nitrogens with one attached hydrogen (secondary N) is 2. The van der Waals surface area contributed by atoms with Crippen LogP contribution in [0.4, 0.5) is 8.78 Å². The number of hydrogen-bond donors (Lipinski definition) is 2. The third kappa shape index (κ3) is 2.06. The zero-order chi connectivity index (χ0) is 17.0. The lowest BCUT2D eigenvalue weighted by Gasteiger charge is -1.99. The highest BCUT2D eigenvalue weighted by molar-refractivity contribution is 6.02. The number of nitrogens with zero attached hydrogens (tertiary/aromatic N) is 2. The number of benzene rings is 2. The van der Waals surface area contributed by atoms with Gasteiger partial charge in [0.25, 0.3) is 0 Å². The molecular weight excluding hydrogens is 326 g/mol. The van der Waals surface area contributed by atoms with Crippen molar-refractivity contribution in [1.29, 1.82) is 0 Å². The van der Waals surface area contributed by atoms with Crippen LogP contribution in [0.1, 0.15) is 0 Å². The van der Waals surface area contributed by atoms with E-state index in [2.05, 4.69) is 20.3 Å². The normalized spacial score (nSPS) is 11.6. The van der Waals surface area contributed by atoms with Crippen LogP contribution in [0.25, 0.3) is 44.3 Å². The van der Waals surface area contributed by atoms with E-state index in [1.165, 1.54) is 24.3 Å². The molecule has 0 atom stereocenters. The predicted molar refractivity (Wildman–Crippen MR) is 88.8 cm³/mol. The summed E-state index contributed by atoms with van der Waals surface area (Å²) in [6.45, 7) is 0. The number of hydrogen-bond acceptors (Lipinski definition) is 3. The maximum absolute atomic E-state index is 13.6. The summed E-state index contributed by atoms with van der Waals surface area (Å²) in [7, 11) is 0. The van der Waals surface area contributed by atoms with E-state index >= 15 is 0 Å². The van der Waals surface area contributed by atoms with Gasteiger partial charge in [-0.15, -0.1) is 0 Å². The molecule has 0 bridgehead atoms. The van der Waals surface area contributed by atoms with Crippen LogP contribution in [0, 0.1) is 11.6 Å². The minimum absolute atomic E-state index is 0.347. The summed E-state index contributed by atoms with van der Waals surface area (Å²) in [5.74, 6) is -0.693. The summed E-state index contributed by atoms with van der Waals surface area (Å²) in [5, 5.41) is 9.31. The molecule has 122 valence electrons. The fraction of sp³-hybridized carbons (Fsp3) is 0. The Balaban J connectivity index is 1.76. The quantitative estimate of drug-likeness (QED) is 0.493. The first-order chi connectivity index (χ1) is 12.2. The molecule has 7 heteroatoms. The molecule has 3 aromatic heterocycles. The predicted octanol–water partition coefficient (Wildman–Crippen LogP) is 4.64. The van der Waals surface area contributed by atoms with Crippen LogP contribution in [-0.2, 0) is 0 Å². The highest BCUT2D eigenvalue weighted by atomic mass is 19.1. The minimum atomic E-state index is -0.347. The van der Waals surface area contributed by atoms with Gasteiger partial charge in [-0.3, -0.25) is 0 Å². The second kappa shape index (κ2) is 5.01. The number of fused-ring (bicyclic) bond motifs is 2. The van der Waals surface area contributed by atoms with Gasteiger partial charge >= 0.3 is 0 Å². The monoisotopic (exact) mass is 336 g/mol. The van der Waals surface area contributed by atoms with Gasteiger partial charge in [-0.2, -0.15) is 0 Å². The molecule has 0 fully saturated rings. The number of halogens is 2. The zero-order valence-corrected chi connectivity index (χ0v) is 12.7. The molecule has 0 saturated heterocycles. The SMILES string of the molecule is Fc1ccc2[nH]cc(-c3nonc3-c3c[nH]c4ccc(F)cc34)c2c1. The largest absolute Gasteiger partial charge is 0.360 e. The molecule has 0 aliphatic rings. The summed E-state index contributed by atoms with van der Waals surface area (Å²) < 4.78 is 32.2. The first-order valence-electron chi connectivity index (χ1n) is 7.57. The Bertz CT molecular complexity index is 1140. The van der Waals surface area contributed by atoms with Crippen molar-refractivity contribution in [3.8, 4) is 22.5 Å². The van der Waals surface area contributed by atoms with Gasteiger partial charge < -0.3 is 9.97 Å². The van der Waals surface area contributed by atoms with Crippen molar-refractivity contribution in [2.45, 2.75) is 0 Å². The molecule has 0 radical (unpaired) electrons. The molecule has 0 spiro atoms. The highest BCUT2D eigenvalue weighted by Gasteiger charge is 2.20. The molecule has 2 N–H and O–H groups in total. The maximum atomic E-state index is 13.6. The van der Waals surface area contributed by atoms with Gasteiger partial charge in [-0.25, -0.2) is 13.4 Å². The van der Waals surface area contributed by atoms with Crippen LogP contribution in [0.5, 0.6) is 0 Å². The van der Waals surface area contributed by atoms with E-state index in [-0.39, 0.29) is 11.6 Å². The first-order valence-corrected chi connectivity index (χ1v) is 7.57. The molecular formula is C18H10F2N4O. The van der Waals surface area contributed by atoms with Crippen molar-refractivity contribution < 1.29 is 13.4 Å². The second-order valence-corrected chi connectivity index (χ2v) is 5.75. The summed E-state index contributed by atoms with van der Waals surface area (Å²) in [6, 6.07) is 8.92. The average Bonchev–Trinajstić information content (AvgIpc) is 3.30. The number of rotatable bonds is 2. The lowest BCUT2D eigenvalue weighted by molar-refractivity contribution is 0.310. The van der Waals surface area contributed by atoms with Gasteiger partial charge in [-0.1, -0.05) is 0 Å². The van der Waals surface area contributed by atoms with Gasteiger partial charge in [0.05, 0.1) is 0 Å². The molecule has 25 heavy (non-hydrogen) atoms. The molecule has 5 nitrogen and oxygen atoms in total. The van der Waals surface area contributed by atoms with Gasteiger partial charge in [-0.05, 0) is 46.7 Å². The fourth-order valence-corrected chi connectivity index (χ4v) is 3.12. The van der Waals surface area contributed by atoms with Crippen molar-refractivity contribution >= 4 is 21.8 Å². The van der Waals surface area contributed by atoms with Crippen LogP contribution in [-0.4, -0.2) is 20.3 Å². The Morgan fingerprint density at radius 1 is 0.720 bits per heavy atom. The van der Waals surface area contributed by atoms with Crippen molar-refractivity contribution in [2.24, 2.45) is 0 Å². The Kier molecular flexibility index (Phi) is 2.79. The van der Waals surface area contributed by atoms with Gasteiger partial charge in [0.1, 0.15) is 23.0 Å². The van der Waals surface area contributed by atoms with E-state index in [0.29, 0.717) is 33.3 Å². The summed E-state index contributed by atoms with van der Waals surface area (Å²) in [6.07, 6.45) is 3.45. The lowest BCUT2D eigenvalue weighted by atomic mass is 10.0. The molecule has 3 heterocycles. The molecule has 0 unspecified atom stereocenters. The van der Waals surface area contributed by atoms with Crippen LogP contribution < -0.4 is 0 Å². The Hall–Kier alpha value is -3.48. The molecule has 5 rings (SSSR count). The second-order valence-electron chi connectivity index (χ2n) is 5.75. The molecule has 0 aliphatic carbocycles. The van der Waals surface area contributed by atoms with Crippen LogP contribution in [0.15, 0.2) is 53.4 Å². The lowest BCUT2D eigenvalue weighted by Crippen LogP contribution is -1.83. The van der Waals surface area contributed by atoms with E-state index < -0.39 is 0 Å². The van der Waals surface area contributed by atoms with Crippen LogP contribution in [0.2, 0.25) is 0 Å². The van der Waals surface area contributed by atoms with Crippen LogP contribution in [0.3, 0.4) is 0 Å². The molecule has 0 amide bonds. The van der Waals surface area contributed by atoms with Crippen LogP contribution >= 0.6 is 0 Å². The smallest absolute Gasteiger partial charge is 0.145 e. The van der Waals surface area contributed by atoms with Crippen molar-refractivity contribution in [2.75, 3.05) is 0 Å². The topological polar surface area (TPSA) is 70.5 Å². The standard InChI is InChI=1S/C18H10F2N4O/c19-9-1-3-15-11(5-9)13(7-21-15)17-18(24-25-23-17)14-8-22-16-4-2-10(20)6-12(14)16/h1-8,21-22H. The number of aromatic nitrogens is 4. The van der Waals surface area contributed by atoms with Crippen molar-refractivity contribution in [1.82, 2.24) is 20.3 Å². The van der Waals surface area contributed by atoms with E-state index in [4.69, 9.17) is 4.63 Å². The van der Waals surface area contributed by atoms with Gasteiger partial charge in [0, 0.05) is 45.3 Å². The minimum Gasteiger partial charge on any atom is -0.360 e. The maximum Gasteiger partial charge on any atom is 0.145 e. The van der Waals surface area contributed by atoms with Gasteiger partial charge in [0.2, 0.25) is 0 Å². The van der Waals surface area contributed by atoms with E-state index in [9.17, 15) is 8.78 Å². The number of aromatic amines is 2. The Morgan fingerprint density at radius 2 is 1.20 bits per heavy atom. The molecule has 0 saturated carbocycles. The molecule has 2 aromatic carbocycles. The molecule has 5 aromatic rings. The van der Waals surface area contributed by atoms with E-state index in [0.717, 1.165) is 11.0 Å². The van der Waals surface area contributed by atoms with E-state index in [1.54, 1.807) is 24.5 Å². The average molecular weight is 336 g/mol. The molecule has 0 aliphatic heterocycles. The highest BCUT2D eigenvalue weighted by Crippen LogP contribution is 2.37. The number of H-pyrrole nitrogens is 2. The zero-order valence-electron chi connectivity index (χ0n) is 12.7. The van der Waals surface area contributed by atoms with Crippen molar-refractivity contribution in [3.63, 3.8) is 0 Å². The Morgan fingerprint density at radius 3 is 1.68 bits per heavy atom. The Labute approximate surface area is 139 Å².